The highest BCUT2D eigenvalue weighted by atomic mass is 35.5. The van der Waals surface area contributed by atoms with Crippen LogP contribution in [0.15, 0.2) is 36.4 Å². The van der Waals surface area contributed by atoms with E-state index in [1.807, 2.05) is 11.0 Å². The van der Waals surface area contributed by atoms with E-state index in [0.29, 0.717) is 74.5 Å². The summed E-state index contributed by atoms with van der Waals surface area (Å²) >= 11 is 6.17. The molecule has 170 valence electrons. The standard InChI is InChI=1S/C22H25ClN4O5/c1-31-21-5-2-16(14-18(21)23)22(28)26-8-6-24(7-9-26)17-3-4-19(27(29)30)20(15-17)25-10-12-32-13-11-25/h2-5,14-15H,6-13H2,1H3. The molecule has 0 aliphatic carbocycles. The lowest BCUT2D eigenvalue weighted by Gasteiger charge is -2.37. The number of carbonyl (C=O) groups is 1. The molecule has 0 N–H and O–H groups in total. The molecule has 2 fully saturated rings. The van der Waals surface area contributed by atoms with E-state index in [9.17, 15) is 14.9 Å². The van der Waals surface area contributed by atoms with Crippen LogP contribution in [0, 0.1) is 10.1 Å². The molecule has 9 nitrogen and oxygen atoms in total. The number of halogens is 1. The summed E-state index contributed by atoms with van der Waals surface area (Å²) in [7, 11) is 1.53. The van der Waals surface area contributed by atoms with Crippen LogP contribution in [-0.2, 0) is 4.74 Å². The van der Waals surface area contributed by atoms with Crippen molar-refractivity contribution in [2.45, 2.75) is 0 Å². The Balaban J connectivity index is 1.46. The van der Waals surface area contributed by atoms with Crippen molar-refractivity contribution in [1.29, 1.82) is 0 Å². The molecule has 2 aromatic carbocycles. The number of nitro benzene ring substituents is 1. The van der Waals surface area contributed by atoms with Gasteiger partial charge in [-0.25, -0.2) is 0 Å². The van der Waals surface area contributed by atoms with E-state index in [1.165, 1.54) is 7.11 Å². The second kappa shape index (κ2) is 9.62. The number of morpholine rings is 1. The molecule has 2 heterocycles. The first-order valence-corrected chi connectivity index (χ1v) is 10.8. The average Bonchev–Trinajstić information content (AvgIpc) is 2.83. The van der Waals surface area contributed by atoms with Crippen molar-refractivity contribution in [3.63, 3.8) is 0 Å². The molecule has 0 saturated carbocycles. The van der Waals surface area contributed by atoms with Crippen LogP contribution in [0.25, 0.3) is 0 Å². The molecule has 2 aliphatic rings. The quantitative estimate of drug-likeness (QED) is 0.500. The van der Waals surface area contributed by atoms with Gasteiger partial charge in [0.15, 0.2) is 0 Å². The van der Waals surface area contributed by atoms with Crippen LogP contribution in [0.5, 0.6) is 5.75 Å². The van der Waals surface area contributed by atoms with Crippen molar-refractivity contribution in [2.75, 3.05) is 69.4 Å². The number of hydrogen-bond donors (Lipinski definition) is 0. The minimum absolute atomic E-state index is 0.0769. The predicted octanol–water partition coefficient (Wildman–Crippen LogP) is 3.06. The van der Waals surface area contributed by atoms with E-state index < -0.39 is 0 Å². The fourth-order valence-electron chi connectivity index (χ4n) is 4.07. The monoisotopic (exact) mass is 460 g/mol. The molecule has 32 heavy (non-hydrogen) atoms. The van der Waals surface area contributed by atoms with Crippen LogP contribution < -0.4 is 14.5 Å². The summed E-state index contributed by atoms with van der Waals surface area (Å²) in [5.74, 6) is 0.453. The zero-order valence-corrected chi connectivity index (χ0v) is 18.6. The maximum Gasteiger partial charge on any atom is 0.292 e. The van der Waals surface area contributed by atoms with Crippen molar-refractivity contribution in [1.82, 2.24) is 4.90 Å². The lowest BCUT2D eigenvalue weighted by molar-refractivity contribution is -0.384. The summed E-state index contributed by atoms with van der Waals surface area (Å²) < 4.78 is 10.5. The number of methoxy groups -OCH3 is 1. The van der Waals surface area contributed by atoms with E-state index in [4.69, 9.17) is 21.1 Å². The van der Waals surface area contributed by atoms with Crippen LogP contribution in [0.4, 0.5) is 17.1 Å². The number of nitrogens with zero attached hydrogens (tertiary/aromatic N) is 4. The normalized spacial score (nSPS) is 16.8. The van der Waals surface area contributed by atoms with E-state index >= 15 is 0 Å². The third-order valence-corrected chi connectivity index (χ3v) is 6.13. The number of anilines is 2. The number of piperazine rings is 1. The van der Waals surface area contributed by atoms with Crippen molar-refractivity contribution < 1.29 is 19.2 Å². The summed E-state index contributed by atoms with van der Waals surface area (Å²) in [5.41, 5.74) is 2.15. The maximum atomic E-state index is 12.9. The third kappa shape index (κ3) is 4.58. The van der Waals surface area contributed by atoms with E-state index in [-0.39, 0.29) is 16.5 Å². The molecule has 0 radical (unpaired) electrons. The molecule has 10 heteroatoms. The molecule has 0 bridgehead atoms. The minimum Gasteiger partial charge on any atom is -0.495 e. The Morgan fingerprint density at radius 2 is 1.75 bits per heavy atom. The fraction of sp³-hybridized carbons (Fsp3) is 0.409. The lowest BCUT2D eigenvalue weighted by Crippen LogP contribution is -2.48. The predicted molar refractivity (Wildman–Crippen MR) is 122 cm³/mol. The van der Waals surface area contributed by atoms with Gasteiger partial charge in [-0.1, -0.05) is 11.6 Å². The summed E-state index contributed by atoms with van der Waals surface area (Å²) in [4.78, 5) is 30.0. The molecule has 0 atom stereocenters. The van der Waals surface area contributed by atoms with Gasteiger partial charge in [0.2, 0.25) is 0 Å². The Labute approximate surface area is 191 Å². The summed E-state index contributed by atoms with van der Waals surface area (Å²) in [6, 6.07) is 10.3. The van der Waals surface area contributed by atoms with Crippen LogP contribution >= 0.6 is 11.6 Å². The third-order valence-electron chi connectivity index (χ3n) is 5.84. The first kappa shape index (κ1) is 22.2. The van der Waals surface area contributed by atoms with E-state index in [1.54, 1.807) is 35.2 Å². The van der Waals surface area contributed by atoms with Gasteiger partial charge in [0.25, 0.3) is 11.6 Å². The van der Waals surface area contributed by atoms with Crippen LogP contribution in [0.2, 0.25) is 5.02 Å². The van der Waals surface area contributed by atoms with Gasteiger partial charge in [-0.15, -0.1) is 0 Å². The highest BCUT2D eigenvalue weighted by Crippen LogP contribution is 2.33. The minimum atomic E-state index is -0.342. The average molecular weight is 461 g/mol. The highest BCUT2D eigenvalue weighted by Gasteiger charge is 2.26. The summed E-state index contributed by atoms with van der Waals surface area (Å²) in [5, 5.41) is 11.9. The van der Waals surface area contributed by atoms with Gasteiger partial charge >= 0.3 is 0 Å². The lowest BCUT2D eigenvalue weighted by atomic mass is 10.1. The number of amides is 1. The molecule has 2 aromatic rings. The number of hydrogen-bond acceptors (Lipinski definition) is 7. The molecule has 2 saturated heterocycles. The summed E-state index contributed by atoms with van der Waals surface area (Å²) in [6.45, 7) is 4.72. The number of carbonyl (C=O) groups excluding carboxylic acids is 1. The van der Waals surface area contributed by atoms with E-state index in [0.717, 1.165) is 5.69 Å². The van der Waals surface area contributed by atoms with Crippen LogP contribution in [0.3, 0.4) is 0 Å². The molecule has 2 aliphatic heterocycles. The van der Waals surface area contributed by atoms with Crippen LogP contribution in [0.1, 0.15) is 10.4 Å². The largest absolute Gasteiger partial charge is 0.495 e. The van der Waals surface area contributed by atoms with Crippen molar-refractivity contribution in [3.8, 4) is 5.75 Å². The smallest absolute Gasteiger partial charge is 0.292 e. The SMILES string of the molecule is COc1ccc(C(=O)N2CCN(c3ccc([N+](=O)[O-])c(N4CCOCC4)c3)CC2)cc1Cl. The highest BCUT2D eigenvalue weighted by molar-refractivity contribution is 6.32. The Morgan fingerprint density at radius 1 is 1.03 bits per heavy atom. The van der Waals surface area contributed by atoms with Crippen molar-refractivity contribution >= 4 is 34.6 Å². The number of ether oxygens (including phenoxy) is 2. The molecule has 0 aromatic heterocycles. The van der Waals surface area contributed by atoms with Crippen LogP contribution in [-0.4, -0.2) is 75.3 Å². The fourth-order valence-corrected chi connectivity index (χ4v) is 4.33. The number of nitro groups is 1. The zero-order chi connectivity index (χ0) is 22.7. The van der Waals surface area contributed by atoms with Gasteiger partial charge < -0.3 is 24.2 Å². The van der Waals surface area contributed by atoms with Gasteiger partial charge in [-0.2, -0.15) is 0 Å². The van der Waals surface area contributed by atoms with Gasteiger partial charge in [-0.05, 0) is 30.3 Å². The first-order chi connectivity index (χ1) is 15.5. The topological polar surface area (TPSA) is 88.4 Å². The molecular formula is C22H25ClN4O5. The number of benzene rings is 2. The Kier molecular flexibility index (Phi) is 6.66. The van der Waals surface area contributed by atoms with Gasteiger partial charge in [0.1, 0.15) is 11.4 Å². The Morgan fingerprint density at radius 3 is 2.38 bits per heavy atom. The van der Waals surface area contributed by atoms with Crippen molar-refractivity contribution in [2.24, 2.45) is 0 Å². The Bertz CT molecular complexity index is 1000. The number of rotatable bonds is 5. The molecule has 4 rings (SSSR count). The summed E-state index contributed by atoms with van der Waals surface area (Å²) in [6.07, 6.45) is 0. The molecule has 0 unspecified atom stereocenters. The van der Waals surface area contributed by atoms with Crippen molar-refractivity contribution in [3.05, 3.63) is 57.1 Å². The molecule has 0 spiro atoms. The Hall–Kier alpha value is -3.04. The molecular weight excluding hydrogens is 436 g/mol. The molecule has 1 amide bonds. The van der Waals surface area contributed by atoms with Gasteiger partial charge in [0.05, 0.1) is 30.3 Å². The first-order valence-electron chi connectivity index (χ1n) is 10.5. The van der Waals surface area contributed by atoms with Gasteiger partial charge in [0, 0.05) is 56.6 Å². The second-order valence-electron chi connectivity index (χ2n) is 7.66. The van der Waals surface area contributed by atoms with E-state index in [2.05, 4.69) is 4.90 Å². The maximum absolute atomic E-state index is 12.9. The zero-order valence-electron chi connectivity index (χ0n) is 17.8. The second-order valence-corrected chi connectivity index (χ2v) is 8.07. The van der Waals surface area contributed by atoms with Gasteiger partial charge in [-0.3, -0.25) is 14.9 Å².